The van der Waals surface area contributed by atoms with Crippen molar-refractivity contribution in [1.82, 2.24) is 0 Å². The highest BCUT2D eigenvalue weighted by Gasteiger charge is 2.11. The zero-order valence-electron chi connectivity index (χ0n) is 20.5. The molecule has 0 aromatic heterocycles. The van der Waals surface area contributed by atoms with E-state index in [0.717, 1.165) is 25.0 Å². The van der Waals surface area contributed by atoms with Crippen LogP contribution in [0.3, 0.4) is 0 Å². The van der Waals surface area contributed by atoms with Gasteiger partial charge in [-0.25, -0.2) is 0 Å². The molecule has 178 valence electrons. The molecular formula is C33H35NO. The van der Waals surface area contributed by atoms with E-state index in [4.69, 9.17) is 4.74 Å². The lowest BCUT2D eigenvalue weighted by Crippen LogP contribution is -2.09. The minimum absolute atomic E-state index is 0.687. The Bertz CT molecular complexity index is 1100. The van der Waals surface area contributed by atoms with Gasteiger partial charge in [-0.1, -0.05) is 98.3 Å². The van der Waals surface area contributed by atoms with Crippen molar-refractivity contribution < 1.29 is 4.74 Å². The summed E-state index contributed by atoms with van der Waals surface area (Å²) in [4.78, 5) is 2.30. The van der Waals surface area contributed by atoms with Crippen molar-refractivity contribution in [2.24, 2.45) is 0 Å². The number of benzene rings is 4. The second-order valence-electron chi connectivity index (χ2n) is 8.84. The SMILES string of the molecule is C=Cc1ccc(COCCCCCCc2ccc(N(c3ccccc3)c3ccccc3)cc2)cc1. The van der Waals surface area contributed by atoms with Crippen LogP contribution in [0.1, 0.15) is 42.4 Å². The largest absolute Gasteiger partial charge is 0.377 e. The van der Waals surface area contributed by atoms with Crippen LogP contribution in [-0.2, 0) is 17.8 Å². The van der Waals surface area contributed by atoms with Gasteiger partial charge in [0.05, 0.1) is 6.61 Å². The molecule has 0 aliphatic heterocycles. The first kappa shape index (κ1) is 24.5. The van der Waals surface area contributed by atoms with E-state index in [1.807, 2.05) is 6.08 Å². The van der Waals surface area contributed by atoms with Crippen LogP contribution in [0.15, 0.2) is 116 Å². The molecule has 0 atom stereocenters. The summed E-state index contributed by atoms with van der Waals surface area (Å²) in [6, 6.07) is 38.5. The molecule has 0 bridgehead atoms. The molecule has 0 unspecified atom stereocenters. The normalized spacial score (nSPS) is 10.7. The topological polar surface area (TPSA) is 12.5 Å². The van der Waals surface area contributed by atoms with Gasteiger partial charge in [0.25, 0.3) is 0 Å². The van der Waals surface area contributed by atoms with Gasteiger partial charge in [-0.05, 0) is 72.4 Å². The monoisotopic (exact) mass is 461 g/mol. The Hall–Kier alpha value is -3.62. The third-order valence-corrected chi connectivity index (χ3v) is 6.21. The standard InChI is InChI=1S/C33H35NO/c1-2-28-18-20-30(21-19-28)27-35-26-12-4-3-7-13-29-22-24-33(25-23-29)34(31-14-8-5-9-15-31)32-16-10-6-11-17-32/h2,5-6,8-11,14-25H,1,3-4,7,12-13,26-27H2. The summed E-state index contributed by atoms with van der Waals surface area (Å²) in [7, 11) is 0. The molecule has 0 N–H and O–H groups in total. The van der Waals surface area contributed by atoms with Gasteiger partial charge in [-0.3, -0.25) is 0 Å². The Morgan fingerprint density at radius 2 is 1.11 bits per heavy atom. The number of ether oxygens (including phenoxy) is 1. The van der Waals surface area contributed by atoms with Gasteiger partial charge in [-0.2, -0.15) is 0 Å². The van der Waals surface area contributed by atoms with Gasteiger partial charge in [-0.15, -0.1) is 0 Å². The zero-order chi connectivity index (χ0) is 24.1. The molecule has 4 aromatic rings. The van der Waals surface area contributed by atoms with E-state index in [1.54, 1.807) is 0 Å². The first-order chi connectivity index (χ1) is 17.3. The van der Waals surface area contributed by atoms with E-state index in [-0.39, 0.29) is 0 Å². The molecule has 0 fully saturated rings. The second-order valence-corrected chi connectivity index (χ2v) is 8.84. The zero-order valence-corrected chi connectivity index (χ0v) is 20.5. The highest BCUT2D eigenvalue weighted by atomic mass is 16.5. The Kier molecular flexibility index (Phi) is 9.32. The summed E-state index contributed by atoms with van der Waals surface area (Å²) in [6.07, 6.45) is 7.76. The average Bonchev–Trinajstić information content (AvgIpc) is 2.93. The quantitative estimate of drug-likeness (QED) is 0.184. The van der Waals surface area contributed by atoms with Crippen molar-refractivity contribution in [3.8, 4) is 0 Å². The minimum atomic E-state index is 0.687. The number of para-hydroxylation sites is 2. The first-order valence-electron chi connectivity index (χ1n) is 12.6. The highest BCUT2D eigenvalue weighted by molar-refractivity contribution is 5.76. The van der Waals surface area contributed by atoms with Crippen LogP contribution in [0.5, 0.6) is 0 Å². The van der Waals surface area contributed by atoms with E-state index in [2.05, 4.69) is 121 Å². The number of hydrogen-bond acceptors (Lipinski definition) is 2. The van der Waals surface area contributed by atoms with Crippen molar-refractivity contribution in [3.63, 3.8) is 0 Å². The van der Waals surface area contributed by atoms with Crippen LogP contribution in [-0.4, -0.2) is 6.61 Å². The third kappa shape index (κ3) is 7.43. The van der Waals surface area contributed by atoms with Crippen molar-refractivity contribution in [1.29, 1.82) is 0 Å². The van der Waals surface area contributed by atoms with Crippen LogP contribution in [0.2, 0.25) is 0 Å². The molecule has 0 aliphatic carbocycles. The fourth-order valence-electron chi connectivity index (χ4n) is 4.24. The fraction of sp³-hybridized carbons (Fsp3) is 0.212. The maximum atomic E-state index is 5.84. The minimum Gasteiger partial charge on any atom is -0.377 e. The Morgan fingerprint density at radius 3 is 1.71 bits per heavy atom. The van der Waals surface area contributed by atoms with Gasteiger partial charge in [0.1, 0.15) is 0 Å². The van der Waals surface area contributed by atoms with Gasteiger partial charge in [0.2, 0.25) is 0 Å². The molecule has 0 radical (unpaired) electrons. The number of anilines is 3. The lowest BCUT2D eigenvalue weighted by atomic mass is 10.1. The van der Waals surface area contributed by atoms with E-state index in [1.165, 1.54) is 47.5 Å². The number of unbranched alkanes of at least 4 members (excludes halogenated alkanes) is 3. The smallest absolute Gasteiger partial charge is 0.0716 e. The molecule has 0 aliphatic rings. The third-order valence-electron chi connectivity index (χ3n) is 6.21. The van der Waals surface area contributed by atoms with E-state index >= 15 is 0 Å². The van der Waals surface area contributed by atoms with Crippen LogP contribution in [0.25, 0.3) is 6.08 Å². The lowest BCUT2D eigenvalue weighted by Gasteiger charge is -2.25. The molecule has 2 heteroatoms. The predicted octanol–water partition coefficient (Wildman–Crippen LogP) is 9.12. The van der Waals surface area contributed by atoms with Crippen LogP contribution >= 0.6 is 0 Å². The molecule has 0 heterocycles. The van der Waals surface area contributed by atoms with Gasteiger partial charge < -0.3 is 9.64 Å². The highest BCUT2D eigenvalue weighted by Crippen LogP contribution is 2.34. The summed E-state index contributed by atoms with van der Waals surface area (Å²) in [5, 5.41) is 0. The molecule has 2 nitrogen and oxygen atoms in total. The number of rotatable bonds is 13. The lowest BCUT2D eigenvalue weighted by molar-refractivity contribution is 0.116. The van der Waals surface area contributed by atoms with Crippen molar-refractivity contribution >= 4 is 23.1 Å². The molecule has 4 aromatic carbocycles. The number of nitrogens with zero attached hydrogens (tertiary/aromatic N) is 1. The first-order valence-corrected chi connectivity index (χ1v) is 12.6. The van der Waals surface area contributed by atoms with Crippen LogP contribution in [0, 0.1) is 0 Å². The summed E-state index contributed by atoms with van der Waals surface area (Å²) in [5.41, 5.74) is 7.28. The average molecular weight is 462 g/mol. The Balaban J connectivity index is 1.20. The fourth-order valence-corrected chi connectivity index (χ4v) is 4.24. The molecule has 4 rings (SSSR count). The van der Waals surface area contributed by atoms with Crippen LogP contribution < -0.4 is 4.90 Å². The van der Waals surface area contributed by atoms with Crippen molar-refractivity contribution in [2.75, 3.05) is 11.5 Å². The van der Waals surface area contributed by atoms with Crippen molar-refractivity contribution in [2.45, 2.75) is 38.7 Å². The van der Waals surface area contributed by atoms with Gasteiger partial charge >= 0.3 is 0 Å². The number of hydrogen-bond donors (Lipinski definition) is 0. The predicted molar refractivity (Wildman–Crippen MR) is 149 cm³/mol. The second kappa shape index (κ2) is 13.3. The Labute approximate surface area is 210 Å². The van der Waals surface area contributed by atoms with E-state index < -0.39 is 0 Å². The number of aryl methyl sites for hydroxylation is 1. The summed E-state index contributed by atoms with van der Waals surface area (Å²) >= 11 is 0. The summed E-state index contributed by atoms with van der Waals surface area (Å²) in [6.45, 7) is 5.30. The summed E-state index contributed by atoms with van der Waals surface area (Å²) < 4.78 is 5.84. The molecule has 0 saturated heterocycles. The summed E-state index contributed by atoms with van der Waals surface area (Å²) in [5.74, 6) is 0. The van der Waals surface area contributed by atoms with E-state index in [0.29, 0.717) is 6.61 Å². The van der Waals surface area contributed by atoms with Crippen molar-refractivity contribution in [3.05, 3.63) is 132 Å². The maximum Gasteiger partial charge on any atom is 0.0716 e. The Morgan fingerprint density at radius 1 is 0.571 bits per heavy atom. The molecule has 35 heavy (non-hydrogen) atoms. The van der Waals surface area contributed by atoms with Gasteiger partial charge in [0, 0.05) is 23.7 Å². The van der Waals surface area contributed by atoms with Crippen LogP contribution in [0.4, 0.5) is 17.1 Å². The van der Waals surface area contributed by atoms with E-state index in [9.17, 15) is 0 Å². The molecule has 0 saturated carbocycles. The maximum absolute atomic E-state index is 5.84. The van der Waals surface area contributed by atoms with Gasteiger partial charge in [0.15, 0.2) is 0 Å². The molecular weight excluding hydrogens is 426 g/mol. The molecule has 0 amide bonds. The molecule has 0 spiro atoms.